The molecule has 3 aliphatic rings. The lowest BCUT2D eigenvalue weighted by Crippen LogP contribution is -2.49. The molecule has 41 heavy (non-hydrogen) atoms. The highest BCUT2D eigenvalue weighted by molar-refractivity contribution is 5.81. The Morgan fingerprint density at radius 3 is 2.32 bits per heavy atom. The lowest BCUT2D eigenvalue weighted by molar-refractivity contribution is 0.0592. The molecule has 2 fully saturated rings. The predicted octanol–water partition coefficient (Wildman–Crippen LogP) is 6.85. The van der Waals surface area contributed by atoms with Gasteiger partial charge in [0.05, 0.1) is 17.7 Å². The summed E-state index contributed by atoms with van der Waals surface area (Å²) >= 11 is 0. The van der Waals surface area contributed by atoms with Crippen molar-refractivity contribution in [1.82, 2.24) is 14.8 Å². The number of nitrogens with zero attached hydrogens (tertiary/aromatic N) is 3. The third-order valence-corrected chi connectivity index (χ3v) is 9.33. The van der Waals surface area contributed by atoms with Crippen LogP contribution in [-0.4, -0.2) is 58.7 Å². The number of aliphatic hydroxyl groups is 1. The van der Waals surface area contributed by atoms with E-state index in [1.807, 2.05) is 60.8 Å². The second kappa shape index (κ2) is 11.2. The van der Waals surface area contributed by atoms with Crippen LogP contribution in [0.3, 0.4) is 0 Å². The number of hydrogen-bond acceptors (Lipinski definition) is 4. The van der Waals surface area contributed by atoms with Gasteiger partial charge in [-0.15, -0.1) is 0 Å². The van der Waals surface area contributed by atoms with Gasteiger partial charge in [0, 0.05) is 44.3 Å². The molecule has 1 saturated carbocycles. The zero-order chi connectivity index (χ0) is 27.9. The Bertz CT molecular complexity index is 1530. The highest BCUT2D eigenvalue weighted by atomic mass is 19.2. The summed E-state index contributed by atoms with van der Waals surface area (Å²) in [6.45, 7) is 3.80. The van der Waals surface area contributed by atoms with E-state index in [2.05, 4.69) is 26.9 Å². The van der Waals surface area contributed by atoms with E-state index in [4.69, 9.17) is 0 Å². The quantitative estimate of drug-likeness (QED) is 0.272. The fraction of sp³-hybridized carbons (Fsp3) is 0.400. The molecule has 4 unspecified atom stereocenters. The maximum Gasteiger partial charge on any atom is 0.161 e. The van der Waals surface area contributed by atoms with Gasteiger partial charge in [-0.25, -0.2) is 8.78 Å². The monoisotopic (exact) mass is 553 g/mol. The molecule has 2 heterocycles. The Morgan fingerprint density at radius 2 is 1.51 bits per heavy atom. The van der Waals surface area contributed by atoms with Crippen LogP contribution in [0.15, 0.2) is 79.0 Å². The van der Waals surface area contributed by atoms with Crippen molar-refractivity contribution in [3.8, 4) is 0 Å². The number of fused-ring (bicyclic) bond motifs is 3. The molecule has 2 aliphatic carbocycles. The van der Waals surface area contributed by atoms with Crippen molar-refractivity contribution < 1.29 is 13.9 Å². The molecular weight excluding hydrogens is 516 g/mol. The van der Waals surface area contributed by atoms with Crippen molar-refractivity contribution in [2.75, 3.05) is 32.7 Å². The maximum atomic E-state index is 16.0. The van der Waals surface area contributed by atoms with Gasteiger partial charge in [-0.05, 0) is 77.1 Å². The van der Waals surface area contributed by atoms with Gasteiger partial charge in [0.15, 0.2) is 12.3 Å². The first-order chi connectivity index (χ1) is 20.1. The third kappa shape index (κ3) is 5.18. The van der Waals surface area contributed by atoms with Gasteiger partial charge >= 0.3 is 0 Å². The Morgan fingerprint density at radius 1 is 0.780 bits per heavy atom. The fourth-order valence-corrected chi connectivity index (χ4v) is 7.09. The lowest BCUT2D eigenvalue weighted by atomic mass is 9.89. The number of piperazine rings is 1. The van der Waals surface area contributed by atoms with Crippen LogP contribution in [0.25, 0.3) is 10.9 Å². The minimum atomic E-state index is -1.66. The standard InChI is InChI=1S/C35H37F2N3O/c36-33-28-7-1-2-8-29(28)35(30-10-4-9-27(24-13-14-24)32(30)34(33)37)40-20-18-39(19-21-40)22-25(41)16-15-23-6-3-12-31-26(23)11-5-17-38-31/h1-12,17,24-25,33-35,41H,13-16,18-22H2. The van der Waals surface area contributed by atoms with Crippen LogP contribution in [0.1, 0.15) is 76.9 Å². The number of rotatable bonds is 7. The van der Waals surface area contributed by atoms with Gasteiger partial charge in [-0.2, -0.15) is 0 Å². The average Bonchev–Trinajstić information content (AvgIpc) is 3.86. The first-order valence-corrected chi connectivity index (χ1v) is 15.0. The van der Waals surface area contributed by atoms with Crippen LogP contribution in [0.2, 0.25) is 0 Å². The van der Waals surface area contributed by atoms with Crippen LogP contribution in [0.5, 0.6) is 0 Å². The summed E-state index contributed by atoms with van der Waals surface area (Å²) in [4.78, 5) is 9.17. The van der Waals surface area contributed by atoms with Gasteiger partial charge in [0.2, 0.25) is 0 Å². The van der Waals surface area contributed by atoms with Gasteiger partial charge in [0.25, 0.3) is 0 Å². The molecule has 212 valence electrons. The van der Waals surface area contributed by atoms with Crippen molar-refractivity contribution >= 4 is 10.9 Å². The molecule has 3 aromatic carbocycles. The minimum absolute atomic E-state index is 0.175. The summed E-state index contributed by atoms with van der Waals surface area (Å²) in [6, 6.07) is 23.6. The van der Waals surface area contributed by atoms with E-state index >= 15 is 8.78 Å². The fourth-order valence-electron chi connectivity index (χ4n) is 7.09. The molecule has 0 bridgehead atoms. The maximum absolute atomic E-state index is 16.0. The van der Waals surface area contributed by atoms with Crippen molar-refractivity contribution in [2.24, 2.45) is 0 Å². The molecule has 0 radical (unpaired) electrons. The van der Waals surface area contributed by atoms with E-state index in [0.29, 0.717) is 30.0 Å². The molecular formula is C35H37F2N3O. The smallest absolute Gasteiger partial charge is 0.161 e. The highest BCUT2D eigenvalue weighted by Gasteiger charge is 2.42. The number of aryl methyl sites for hydroxylation is 1. The van der Waals surface area contributed by atoms with Crippen LogP contribution in [0, 0.1) is 0 Å². The average molecular weight is 554 g/mol. The zero-order valence-electron chi connectivity index (χ0n) is 23.3. The number of benzene rings is 3. The molecule has 1 aromatic heterocycles. The molecule has 4 nitrogen and oxygen atoms in total. The van der Waals surface area contributed by atoms with E-state index in [-0.39, 0.29) is 6.04 Å². The number of alkyl halides is 2. The van der Waals surface area contributed by atoms with Crippen LogP contribution in [0.4, 0.5) is 8.78 Å². The Balaban J connectivity index is 1.06. The molecule has 4 aromatic rings. The summed E-state index contributed by atoms with van der Waals surface area (Å²) in [5.74, 6) is 0.348. The lowest BCUT2D eigenvalue weighted by Gasteiger charge is -2.41. The summed E-state index contributed by atoms with van der Waals surface area (Å²) in [7, 11) is 0. The Hall–Kier alpha value is -3.19. The van der Waals surface area contributed by atoms with Gasteiger partial charge in [-0.1, -0.05) is 60.7 Å². The van der Waals surface area contributed by atoms with Crippen LogP contribution in [-0.2, 0) is 6.42 Å². The summed E-state index contributed by atoms with van der Waals surface area (Å²) in [5.41, 5.74) is 6.07. The highest BCUT2D eigenvalue weighted by Crippen LogP contribution is 2.53. The topological polar surface area (TPSA) is 39.6 Å². The summed E-state index contributed by atoms with van der Waals surface area (Å²) in [5, 5.41) is 12.1. The molecule has 1 saturated heterocycles. The van der Waals surface area contributed by atoms with Gasteiger partial charge in [0.1, 0.15) is 0 Å². The first kappa shape index (κ1) is 26.7. The van der Waals surface area contributed by atoms with Crippen molar-refractivity contribution in [3.05, 3.63) is 112 Å². The normalized spacial score (nSPS) is 24.0. The number of pyridine rings is 1. The molecule has 0 amide bonds. The van der Waals surface area contributed by atoms with E-state index in [0.717, 1.165) is 73.0 Å². The second-order valence-corrected chi connectivity index (χ2v) is 12.0. The van der Waals surface area contributed by atoms with E-state index in [1.165, 1.54) is 5.56 Å². The number of halogens is 2. The first-order valence-electron chi connectivity index (χ1n) is 15.0. The van der Waals surface area contributed by atoms with E-state index < -0.39 is 18.4 Å². The van der Waals surface area contributed by atoms with Crippen molar-refractivity contribution in [2.45, 2.75) is 56.1 Å². The minimum Gasteiger partial charge on any atom is -0.392 e. The molecule has 6 heteroatoms. The second-order valence-electron chi connectivity index (χ2n) is 12.0. The number of aromatic nitrogens is 1. The van der Waals surface area contributed by atoms with Gasteiger partial charge in [-0.3, -0.25) is 14.8 Å². The number of β-amino-alcohol motifs (C(OH)–C–C–N with tert-alkyl or cyclic N) is 1. The van der Waals surface area contributed by atoms with Crippen molar-refractivity contribution in [3.63, 3.8) is 0 Å². The Labute approximate surface area is 240 Å². The largest absolute Gasteiger partial charge is 0.392 e. The van der Waals surface area contributed by atoms with Crippen LogP contribution < -0.4 is 0 Å². The molecule has 7 rings (SSSR count). The summed E-state index contributed by atoms with van der Waals surface area (Å²) in [6.07, 6.45) is 1.67. The van der Waals surface area contributed by atoms with E-state index in [9.17, 15) is 5.11 Å². The van der Waals surface area contributed by atoms with Crippen LogP contribution >= 0.6 is 0 Å². The molecule has 0 spiro atoms. The van der Waals surface area contributed by atoms with E-state index in [1.54, 1.807) is 6.07 Å². The molecule has 4 atom stereocenters. The summed E-state index contributed by atoms with van der Waals surface area (Å²) < 4.78 is 31.7. The number of hydrogen-bond donors (Lipinski definition) is 1. The molecule has 1 aliphatic heterocycles. The van der Waals surface area contributed by atoms with Gasteiger partial charge < -0.3 is 5.11 Å². The Kier molecular flexibility index (Phi) is 7.32. The predicted molar refractivity (Wildman–Crippen MR) is 158 cm³/mol. The third-order valence-electron chi connectivity index (χ3n) is 9.33. The number of aliphatic hydroxyl groups excluding tert-OH is 1. The van der Waals surface area contributed by atoms with Crippen molar-refractivity contribution in [1.29, 1.82) is 0 Å². The SMILES string of the molecule is OC(CCc1cccc2ncccc12)CN1CCN(C2c3ccccc3C(F)C(F)c3c(C4CC4)cccc32)CC1. The molecule has 1 N–H and O–H groups in total. The zero-order valence-corrected chi connectivity index (χ0v) is 23.3.